The van der Waals surface area contributed by atoms with E-state index in [0.717, 1.165) is 17.2 Å². The molecule has 0 aliphatic heterocycles. The van der Waals surface area contributed by atoms with Crippen molar-refractivity contribution in [1.29, 1.82) is 5.26 Å². The van der Waals surface area contributed by atoms with Crippen molar-refractivity contribution in [1.82, 2.24) is 14.5 Å². The SMILES string of the molecule is Cc1cc(C=CC#N)cc(Oc2c(C(C)C)c(=O)[nH]c(=O)n2Cc2cc(N)nc(F)c2)c1. The molecular weight excluding hydrogens is 413 g/mol. The minimum atomic E-state index is -0.781. The second-order valence-corrected chi connectivity index (χ2v) is 7.59. The summed E-state index contributed by atoms with van der Waals surface area (Å²) in [5, 5.41) is 8.79. The van der Waals surface area contributed by atoms with Crippen LogP contribution in [0, 0.1) is 24.2 Å². The van der Waals surface area contributed by atoms with Gasteiger partial charge in [-0.2, -0.15) is 9.65 Å². The molecule has 2 aromatic heterocycles. The Morgan fingerprint density at radius 2 is 2.03 bits per heavy atom. The lowest BCUT2D eigenvalue weighted by molar-refractivity contribution is 0.410. The minimum absolute atomic E-state index is 0.0309. The number of nitrogens with one attached hydrogen (secondary N) is 1. The fourth-order valence-corrected chi connectivity index (χ4v) is 3.35. The molecule has 32 heavy (non-hydrogen) atoms. The molecule has 9 heteroatoms. The number of aromatic amines is 1. The van der Waals surface area contributed by atoms with Gasteiger partial charge in [0.2, 0.25) is 11.8 Å². The normalized spacial score (nSPS) is 11.1. The van der Waals surface area contributed by atoms with Gasteiger partial charge in [-0.25, -0.2) is 9.78 Å². The zero-order valence-corrected chi connectivity index (χ0v) is 17.8. The van der Waals surface area contributed by atoms with Gasteiger partial charge in [0.25, 0.3) is 5.56 Å². The van der Waals surface area contributed by atoms with Crippen molar-refractivity contribution < 1.29 is 9.13 Å². The fourth-order valence-electron chi connectivity index (χ4n) is 3.35. The van der Waals surface area contributed by atoms with Crippen LogP contribution in [-0.2, 0) is 6.54 Å². The molecule has 3 rings (SSSR count). The number of anilines is 1. The van der Waals surface area contributed by atoms with Crippen LogP contribution in [0.15, 0.2) is 46.0 Å². The van der Waals surface area contributed by atoms with Crippen molar-refractivity contribution in [3.63, 3.8) is 0 Å². The zero-order valence-electron chi connectivity index (χ0n) is 17.8. The third kappa shape index (κ3) is 5.10. The number of aryl methyl sites for hydroxylation is 1. The van der Waals surface area contributed by atoms with Crippen molar-refractivity contribution >= 4 is 11.9 Å². The van der Waals surface area contributed by atoms with Crippen LogP contribution in [-0.4, -0.2) is 14.5 Å². The van der Waals surface area contributed by atoms with E-state index in [1.807, 2.05) is 19.1 Å². The van der Waals surface area contributed by atoms with Gasteiger partial charge < -0.3 is 10.5 Å². The fraction of sp³-hybridized carbons (Fsp3) is 0.217. The molecule has 0 amide bonds. The predicted molar refractivity (Wildman–Crippen MR) is 119 cm³/mol. The van der Waals surface area contributed by atoms with Gasteiger partial charge in [-0.3, -0.25) is 14.3 Å². The Morgan fingerprint density at radius 3 is 2.69 bits per heavy atom. The minimum Gasteiger partial charge on any atom is -0.440 e. The Hall–Kier alpha value is -4.19. The van der Waals surface area contributed by atoms with E-state index < -0.39 is 17.2 Å². The van der Waals surface area contributed by atoms with Gasteiger partial charge in [-0.15, -0.1) is 0 Å². The second-order valence-electron chi connectivity index (χ2n) is 7.59. The molecule has 0 aliphatic rings. The van der Waals surface area contributed by atoms with E-state index in [0.29, 0.717) is 11.3 Å². The third-order valence-electron chi connectivity index (χ3n) is 4.62. The number of hydrogen-bond acceptors (Lipinski definition) is 6. The highest BCUT2D eigenvalue weighted by Gasteiger charge is 2.21. The maximum absolute atomic E-state index is 13.7. The highest BCUT2D eigenvalue weighted by Crippen LogP contribution is 2.29. The third-order valence-corrected chi connectivity index (χ3v) is 4.62. The smallest absolute Gasteiger partial charge is 0.331 e. The highest BCUT2D eigenvalue weighted by molar-refractivity contribution is 5.55. The van der Waals surface area contributed by atoms with Crippen molar-refractivity contribution in [2.24, 2.45) is 0 Å². The lowest BCUT2D eigenvalue weighted by atomic mass is 10.1. The largest absolute Gasteiger partial charge is 0.440 e. The van der Waals surface area contributed by atoms with Crippen LogP contribution in [0.3, 0.4) is 0 Å². The average molecular weight is 435 g/mol. The van der Waals surface area contributed by atoms with Crippen molar-refractivity contribution in [2.75, 3.05) is 5.73 Å². The lowest BCUT2D eigenvalue weighted by Crippen LogP contribution is -2.34. The van der Waals surface area contributed by atoms with Gasteiger partial charge in [0.05, 0.1) is 18.2 Å². The van der Waals surface area contributed by atoms with E-state index in [4.69, 9.17) is 15.7 Å². The predicted octanol–water partition coefficient (Wildman–Crippen LogP) is 3.46. The Labute approximate surface area is 183 Å². The zero-order chi connectivity index (χ0) is 23.4. The number of nitrogens with zero attached hydrogens (tertiary/aromatic N) is 3. The molecule has 3 N–H and O–H groups in total. The number of nitrogens with two attached hydrogens (primary N) is 1. The molecule has 0 unspecified atom stereocenters. The maximum Gasteiger partial charge on any atom is 0.331 e. The Balaban J connectivity index is 2.18. The highest BCUT2D eigenvalue weighted by atomic mass is 19.1. The molecular formula is C23H22FN5O3. The standard InChI is InChI=1S/C23H22FN5O3/c1-13(2)20-21(30)28-23(31)29(12-16-10-18(24)27-19(26)11-16)22(20)32-17-8-14(3)7-15(9-17)5-4-6-25/h4-5,7-11,13H,12H2,1-3H3,(H2,26,27)(H,28,30,31). The molecule has 3 aromatic rings. The number of allylic oxidation sites excluding steroid dienone is 1. The maximum atomic E-state index is 13.7. The summed E-state index contributed by atoms with van der Waals surface area (Å²) in [6.45, 7) is 5.36. The van der Waals surface area contributed by atoms with Crippen LogP contribution in [0.25, 0.3) is 6.08 Å². The van der Waals surface area contributed by atoms with Crippen molar-refractivity contribution in [2.45, 2.75) is 33.2 Å². The number of H-pyrrole nitrogens is 1. The molecule has 0 bridgehead atoms. The van der Waals surface area contributed by atoms with Gasteiger partial charge >= 0.3 is 5.69 Å². The number of halogens is 1. The van der Waals surface area contributed by atoms with Crippen molar-refractivity contribution in [3.05, 3.63) is 85.4 Å². The molecule has 2 heterocycles. The molecule has 0 atom stereocenters. The molecule has 8 nitrogen and oxygen atoms in total. The van der Waals surface area contributed by atoms with E-state index in [1.54, 1.807) is 32.1 Å². The van der Waals surface area contributed by atoms with Gasteiger partial charge in [0, 0.05) is 6.08 Å². The van der Waals surface area contributed by atoms with Gasteiger partial charge in [0.15, 0.2) is 0 Å². The van der Waals surface area contributed by atoms with Crippen LogP contribution in [0.4, 0.5) is 10.2 Å². The summed E-state index contributed by atoms with van der Waals surface area (Å²) in [7, 11) is 0. The summed E-state index contributed by atoms with van der Waals surface area (Å²) in [6.07, 6.45) is 2.96. The molecule has 0 fully saturated rings. The first-order valence-electron chi connectivity index (χ1n) is 9.82. The first kappa shape index (κ1) is 22.5. The molecule has 0 radical (unpaired) electrons. The van der Waals surface area contributed by atoms with Crippen molar-refractivity contribution in [3.8, 4) is 17.7 Å². The number of pyridine rings is 1. The topological polar surface area (TPSA) is 127 Å². The number of aromatic nitrogens is 3. The van der Waals surface area contributed by atoms with Crippen LogP contribution >= 0.6 is 0 Å². The molecule has 0 spiro atoms. The monoisotopic (exact) mass is 435 g/mol. The summed E-state index contributed by atoms with van der Waals surface area (Å²) < 4.78 is 21.0. The van der Waals surface area contributed by atoms with Gasteiger partial charge in [0.1, 0.15) is 11.6 Å². The number of nitriles is 1. The Kier molecular flexibility index (Phi) is 6.54. The van der Waals surface area contributed by atoms with E-state index in [2.05, 4.69) is 9.97 Å². The van der Waals surface area contributed by atoms with E-state index in [1.165, 1.54) is 16.7 Å². The number of rotatable bonds is 6. The van der Waals surface area contributed by atoms with Crippen LogP contribution in [0.2, 0.25) is 0 Å². The number of hydrogen-bond donors (Lipinski definition) is 2. The Bertz CT molecular complexity index is 1330. The lowest BCUT2D eigenvalue weighted by Gasteiger charge is -2.19. The summed E-state index contributed by atoms with van der Waals surface area (Å²) in [5.41, 5.74) is 6.58. The average Bonchev–Trinajstić information content (AvgIpc) is 2.67. The van der Waals surface area contributed by atoms with E-state index in [-0.39, 0.29) is 29.7 Å². The van der Waals surface area contributed by atoms with E-state index >= 15 is 0 Å². The number of ether oxygens (including phenoxy) is 1. The summed E-state index contributed by atoms with van der Waals surface area (Å²) in [5.74, 6) is -0.662. The Morgan fingerprint density at radius 1 is 1.28 bits per heavy atom. The molecule has 164 valence electrons. The molecule has 1 aromatic carbocycles. The number of nitrogen functional groups attached to an aromatic ring is 1. The van der Waals surface area contributed by atoms with E-state index in [9.17, 15) is 14.0 Å². The second kappa shape index (κ2) is 9.31. The molecule has 0 saturated heterocycles. The summed E-state index contributed by atoms with van der Waals surface area (Å²) in [4.78, 5) is 31.1. The van der Waals surface area contributed by atoms with Gasteiger partial charge in [-0.05, 0) is 59.9 Å². The molecule has 0 aliphatic carbocycles. The quantitative estimate of drug-likeness (QED) is 0.451. The summed E-state index contributed by atoms with van der Waals surface area (Å²) in [6, 6.07) is 9.82. The first-order valence-corrected chi connectivity index (χ1v) is 9.82. The summed E-state index contributed by atoms with van der Waals surface area (Å²) >= 11 is 0. The van der Waals surface area contributed by atoms with Crippen LogP contribution < -0.4 is 21.7 Å². The first-order chi connectivity index (χ1) is 15.2. The number of benzene rings is 1. The molecule has 0 saturated carbocycles. The van der Waals surface area contributed by atoms with Crippen LogP contribution in [0.5, 0.6) is 11.6 Å². The van der Waals surface area contributed by atoms with Gasteiger partial charge in [-0.1, -0.05) is 19.9 Å². The van der Waals surface area contributed by atoms with Crippen LogP contribution in [0.1, 0.15) is 42.0 Å².